The maximum atomic E-state index is 13.4. The van der Waals surface area contributed by atoms with Gasteiger partial charge in [-0.1, -0.05) is 23.7 Å². The summed E-state index contributed by atoms with van der Waals surface area (Å²) in [5.41, 5.74) is 2.96. The highest BCUT2D eigenvalue weighted by molar-refractivity contribution is 7.90. The van der Waals surface area contributed by atoms with E-state index >= 15 is 0 Å². The molecule has 3 aromatic carbocycles. The monoisotopic (exact) mass is 593 g/mol. The first-order valence-corrected chi connectivity index (χ1v) is 15.1. The van der Waals surface area contributed by atoms with E-state index in [-0.39, 0.29) is 18.2 Å². The molecule has 0 spiro atoms. The number of halogens is 2. The number of anilines is 2. The third-order valence-electron chi connectivity index (χ3n) is 6.22. The number of sulfone groups is 1. The summed E-state index contributed by atoms with van der Waals surface area (Å²) in [6.45, 7) is 0.870. The van der Waals surface area contributed by atoms with Crippen molar-refractivity contribution in [3.8, 4) is 17.1 Å². The number of nitrogens with one attached hydrogen (secondary N) is 1. The normalized spacial score (nSPS) is 11.7. The lowest BCUT2D eigenvalue weighted by molar-refractivity contribution is 0.306. The van der Waals surface area contributed by atoms with Crippen molar-refractivity contribution in [2.75, 3.05) is 23.9 Å². The molecule has 0 fully saturated rings. The second kappa shape index (κ2) is 12.3. The van der Waals surface area contributed by atoms with Gasteiger partial charge < -0.3 is 19.4 Å². The molecule has 0 radical (unpaired) electrons. The van der Waals surface area contributed by atoms with Gasteiger partial charge in [0.15, 0.2) is 0 Å². The van der Waals surface area contributed by atoms with Gasteiger partial charge in [-0.3, -0.25) is 7.05 Å². The van der Waals surface area contributed by atoms with Gasteiger partial charge in [0.1, 0.15) is 51.7 Å². The Hall–Kier alpha value is -3.99. The molecule has 0 amide bonds. The van der Waals surface area contributed by atoms with Crippen molar-refractivity contribution in [1.29, 1.82) is 0 Å². The fraction of sp³-hybridized carbons (Fsp3) is 0.167. The van der Waals surface area contributed by atoms with Gasteiger partial charge in [-0.2, -0.15) is 0 Å². The first-order chi connectivity index (χ1) is 19.6. The van der Waals surface area contributed by atoms with Gasteiger partial charge in [0.25, 0.3) is 0 Å². The van der Waals surface area contributed by atoms with Crippen LogP contribution < -0.4 is 10.1 Å². The van der Waals surface area contributed by atoms with E-state index in [4.69, 9.17) is 20.8 Å². The number of furan rings is 1. The van der Waals surface area contributed by atoms with E-state index in [1.54, 1.807) is 29.2 Å². The minimum atomic E-state index is -3.07. The molecule has 0 saturated carbocycles. The number of nitrogens with zero attached hydrogens (tertiary/aromatic N) is 3. The number of hydrogen-bond acceptors (Lipinski definition) is 8. The van der Waals surface area contributed by atoms with Crippen LogP contribution in [0, 0.1) is 12.9 Å². The van der Waals surface area contributed by atoms with Crippen LogP contribution in [0.5, 0.6) is 5.75 Å². The minimum absolute atomic E-state index is 0.0282. The lowest BCUT2D eigenvalue weighted by Gasteiger charge is -2.22. The number of benzene rings is 3. The van der Waals surface area contributed by atoms with Gasteiger partial charge in [-0.05, 0) is 72.8 Å². The Balaban J connectivity index is 1.30. The Bertz CT molecular complexity index is 1790. The minimum Gasteiger partial charge on any atom is -0.487 e. The van der Waals surface area contributed by atoms with Crippen LogP contribution in [-0.4, -0.2) is 41.8 Å². The molecule has 0 aliphatic heterocycles. The predicted molar refractivity (Wildman–Crippen MR) is 158 cm³/mol. The van der Waals surface area contributed by atoms with E-state index in [0.29, 0.717) is 52.5 Å². The SMILES string of the molecule is [CH2-]N(CCS(C)(=O)=O)Cc1ccc(-c2ccc3ncnc(Nc4ccc(OCc5cccc(F)c5)c(Cl)c4)c3c2)o1. The van der Waals surface area contributed by atoms with Crippen molar-refractivity contribution in [3.05, 3.63) is 108 Å². The topological polar surface area (TPSA) is 97.6 Å². The molecule has 1 N–H and O–H groups in total. The molecule has 5 rings (SSSR count). The Labute approximate surface area is 242 Å². The highest BCUT2D eigenvalue weighted by Crippen LogP contribution is 2.33. The number of hydrogen-bond donors (Lipinski definition) is 1. The smallest absolute Gasteiger partial charge is 0.148 e. The average molecular weight is 594 g/mol. The zero-order chi connectivity index (χ0) is 29.0. The molecular weight excluding hydrogens is 567 g/mol. The Morgan fingerprint density at radius 2 is 1.93 bits per heavy atom. The van der Waals surface area contributed by atoms with Crippen LogP contribution in [0.4, 0.5) is 15.9 Å². The van der Waals surface area contributed by atoms with E-state index in [9.17, 15) is 12.8 Å². The zero-order valence-corrected chi connectivity index (χ0v) is 23.8. The van der Waals surface area contributed by atoms with Gasteiger partial charge in [0.2, 0.25) is 0 Å². The molecule has 8 nitrogen and oxygen atoms in total. The molecule has 5 aromatic rings. The number of ether oxygens (including phenoxy) is 1. The van der Waals surface area contributed by atoms with Crippen molar-refractivity contribution >= 4 is 43.8 Å². The summed E-state index contributed by atoms with van der Waals surface area (Å²) in [6.07, 6.45) is 2.68. The van der Waals surface area contributed by atoms with Crippen molar-refractivity contribution in [2.45, 2.75) is 13.2 Å². The molecule has 0 unspecified atom stereocenters. The van der Waals surface area contributed by atoms with E-state index in [2.05, 4.69) is 22.3 Å². The largest absolute Gasteiger partial charge is 0.487 e. The quantitative estimate of drug-likeness (QED) is 0.170. The van der Waals surface area contributed by atoms with Crippen LogP contribution in [0.1, 0.15) is 11.3 Å². The highest BCUT2D eigenvalue weighted by Gasteiger charge is 2.12. The molecule has 41 heavy (non-hydrogen) atoms. The van der Waals surface area contributed by atoms with Crippen LogP contribution in [0.2, 0.25) is 5.02 Å². The highest BCUT2D eigenvalue weighted by atomic mass is 35.5. The summed E-state index contributed by atoms with van der Waals surface area (Å²) < 4.78 is 48.1. The fourth-order valence-corrected chi connectivity index (χ4v) is 4.97. The third kappa shape index (κ3) is 7.60. The molecule has 0 aliphatic rings. The van der Waals surface area contributed by atoms with Gasteiger partial charge >= 0.3 is 0 Å². The van der Waals surface area contributed by atoms with Crippen LogP contribution in [0.3, 0.4) is 0 Å². The summed E-state index contributed by atoms with van der Waals surface area (Å²) >= 11 is 6.47. The number of rotatable bonds is 11. The number of fused-ring (bicyclic) bond motifs is 1. The lowest BCUT2D eigenvalue weighted by atomic mass is 10.1. The van der Waals surface area contributed by atoms with Gasteiger partial charge in [0.05, 0.1) is 16.3 Å². The Kier molecular flexibility index (Phi) is 8.53. The maximum absolute atomic E-state index is 13.4. The fourth-order valence-electron chi connectivity index (χ4n) is 4.14. The van der Waals surface area contributed by atoms with Crippen LogP contribution in [0.15, 0.2) is 83.5 Å². The van der Waals surface area contributed by atoms with Crippen molar-refractivity contribution in [1.82, 2.24) is 14.9 Å². The molecular formula is C30H27ClFN4O4S-. The molecule has 212 valence electrons. The first-order valence-electron chi connectivity index (χ1n) is 12.6. The molecule has 0 bridgehead atoms. The van der Waals surface area contributed by atoms with Crippen LogP contribution >= 0.6 is 11.6 Å². The van der Waals surface area contributed by atoms with Crippen LogP contribution in [0.25, 0.3) is 22.2 Å². The molecule has 0 saturated heterocycles. The standard InChI is InChI=1S/C30H27ClFN4O4S/c1-36(12-13-41(2,37)38)17-24-8-11-28(40-24)21-6-9-27-25(15-21)30(34-19-33-27)35-23-7-10-29(26(31)16-23)39-18-20-4-3-5-22(32)14-20/h3-11,14-16,19H,1,12-13,17-18H2,2H3,(H,33,34,35)/q-1. The average Bonchev–Trinajstić information content (AvgIpc) is 3.39. The van der Waals surface area contributed by atoms with E-state index in [1.165, 1.54) is 24.7 Å². The van der Waals surface area contributed by atoms with E-state index in [0.717, 1.165) is 16.5 Å². The summed E-state index contributed by atoms with van der Waals surface area (Å²) in [5, 5.41) is 4.47. The van der Waals surface area contributed by atoms with Gasteiger partial charge in [0, 0.05) is 29.4 Å². The van der Waals surface area contributed by atoms with E-state index in [1.807, 2.05) is 36.4 Å². The van der Waals surface area contributed by atoms with Gasteiger partial charge in [-0.25, -0.2) is 22.8 Å². The predicted octanol–water partition coefficient (Wildman–Crippen LogP) is 6.64. The summed E-state index contributed by atoms with van der Waals surface area (Å²) in [7, 11) is 0.832. The van der Waals surface area contributed by atoms with Crippen molar-refractivity contribution in [3.63, 3.8) is 0 Å². The van der Waals surface area contributed by atoms with Crippen LogP contribution in [-0.2, 0) is 23.0 Å². The molecule has 0 aliphatic carbocycles. The van der Waals surface area contributed by atoms with Crippen molar-refractivity contribution < 1.29 is 22.0 Å². The Morgan fingerprint density at radius 3 is 2.71 bits per heavy atom. The second-order valence-corrected chi connectivity index (χ2v) is 12.3. The summed E-state index contributed by atoms with van der Waals surface area (Å²) in [5.74, 6) is 2.08. The lowest BCUT2D eigenvalue weighted by Crippen LogP contribution is -2.22. The third-order valence-corrected chi connectivity index (χ3v) is 7.44. The second-order valence-electron chi connectivity index (χ2n) is 9.59. The van der Waals surface area contributed by atoms with E-state index < -0.39 is 9.84 Å². The molecule has 2 aromatic heterocycles. The summed E-state index contributed by atoms with van der Waals surface area (Å²) in [4.78, 5) is 10.5. The molecule has 0 atom stereocenters. The molecule has 11 heteroatoms. The van der Waals surface area contributed by atoms with Crippen molar-refractivity contribution in [2.24, 2.45) is 0 Å². The van der Waals surface area contributed by atoms with Gasteiger partial charge in [-0.15, -0.1) is 0 Å². The first kappa shape index (κ1) is 28.5. The maximum Gasteiger partial charge on any atom is 0.148 e. The summed E-state index contributed by atoms with van der Waals surface area (Å²) in [6, 6.07) is 20.9. The Morgan fingerprint density at radius 1 is 1.07 bits per heavy atom. The molecule has 2 heterocycles. The zero-order valence-electron chi connectivity index (χ0n) is 22.2. The number of aromatic nitrogens is 2.